The molecule has 0 saturated heterocycles. The van der Waals surface area contributed by atoms with Crippen molar-refractivity contribution in [1.82, 2.24) is 0 Å². The first-order chi connectivity index (χ1) is 8.33. The minimum atomic E-state index is 0.703. The molecule has 0 heterocycles. The predicted octanol–water partition coefficient (Wildman–Crippen LogP) is 4.62. The zero-order chi connectivity index (χ0) is 12.1. The summed E-state index contributed by atoms with van der Waals surface area (Å²) < 4.78 is 0. The van der Waals surface area contributed by atoms with E-state index in [9.17, 15) is 0 Å². The second-order valence-electron chi connectivity index (χ2n) is 5.60. The molecule has 1 heteroatoms. The van der Waals surface area contributed by atoms with Gasteiger partial charge in [-0.25, -0.2) is 0 Å². The number of hydrogen-bond acceptors (Lipinski definition) is 1. The highest BCUT2D eigenvalue weighted by atomic mass is 14.3. The van der Waals surface area contributed by atoms with E-state index in [4.69, 9.17) is 5.26 Å². The maximum absolute atomic E-state index is 8.81. The quantitative estimate of drug-likeness (QED) is 0.692. The summed E-state index contributed by atoms with van der Waals surface area (Å²) in [5, 5.41) is 8.81. The van der Waals surface area contributed by atoms with Gasteiger partial charge in [-0.05, 0) is 43.1 Å². The van der Waals surface area contributed by atoms with Crippen molar-refractivity contribution in [2.24, 2.45) is 17.8 Å². The lowest BCUT2D eigenvalue weighted by molar-refractivity contribution is 0.220. The van der Waals surface area contributed by atoms with E-state index in [0.717, 1.165) is 23.8 Å². The maximum atomic E-state index is 8.81. The van der Waals surface area contributed by atoms with Crippen molar-refractivity contribution in [3.63, 3.8) is 0 Å². The Balaban J connectivity index is 1.81. The monoisotopic (exact) mass is 229 g/mol. The zero-order valence-corrected chi connectivity index (χ0v) is 10.9. The van der Waals surface area contributed by atoms with Gasteiger partial charge < -0.3 is 0 Å². The Labute approximate surface area is 105 Å². The second kappa shape index (κ2) is 6.05. The molecule has 0 radical (unpaired) electrons. The van der Waals surface area contributed by atoms with Gasteiger partial charge in [0.25, 0.3) is 0 Å². The third-order valence-corrected chi connectivity index (χ3v) is 4.46. The topological polar surface area (TPSA) is 23.8 Å². The Morgan fingerprint density at radius 2 is 2.06 bits per heavy atom. The lowest BCUT2D eigenvalue weighted by Gasteiger charge is -2.33. The van der Waals surface area contributed by atoms with Crippen molar-refractivity contribution in [2.45, 2.75) is 51.9 Å². The first-order valence-electron chi connectivity index (χ1n) is 7.12. The molecule has 2 aliphatic carbocycles. The SMILES string of the molecule is CCCC1CCC(C2C=CC(C#N)=CC2)CC1. The molecule has 0 aromatic carbocycles. The van der Waals surface area contributed by atoms with Crippen LogP contribution >= 0.6 is 0 Å². The predicted molar refractivity (Wildman–Crippen MR) is 71.3 cm³/mol. The summed E-state index contributed by atoms with van der Waals surface area (Å²) in [6.45, 7) is 2.30. The van der Waals surface area contributed by atoms with Gasteiger partial charge in [0.2, 0.25) is 0 Å². The summed E-state index contributed by atoms with van der Waals surface area (Å²) in [4.78, 5) is 0. The van der Waals surface area contributed by atoms with Crippen molar-refractivity contribution >= 4 is 0 Å². The second-order valence-corrected chi connectivity index (χ2v) is 5.60. The van der Waals surface area contributed by atoms with E-state index in [1.807, 2.05) is 6.08 Å². The third kappa shape index (κ3) is 3.22. The molecule has 0 aliphatic heterocycles. The van der Waals surface area contributed by atoms with E-state index >= 15 is 0 Å². The van der Waals surface area contributed by atoms with E-state index in [0.29, 0.717) is 5.92 Å². The van der Waals surface area contributed by atoms with Crippen molar-refractivity contribution in [3.05, 3.63) is 23.8 Å². The highest BCUT2D eigenvalue weighted by Gasteiger charge is 2.26. The van der Waals surface area contributed by atoms with Crippen molar-refractivity contribution < 1.29 is 0 Å². The van der Waals surface area contributed by atoms with Crippen molar-refractivity contribution in [2.75, 3.05) is 0 Å². The fraction of sp³-hybridized carbons (Fsp3) is 0.688. The fourth-order valence-electron chi connectivity index (χ4n) is 3.38. The number of allylic oxidation sites excluding steroid dienone is 4. The number of hydrogen-bond donors (Lipinski definition) is 0. The Bertz CT molecular complexity index is 337. The van der Waals surface area contributed by atoms with Crippen LogP contribution in [-0.4, -0.2) is 0 Å². The van der Waals surface area contributed by atoms with E-state index < -0.39 is 0 Å². The maximum Gasteiger partial charge on any atom is 0.0988 e. The molecule has 0 bridgehead atoms. The molecule has 0 aromatic rings. The molecule has 0 spiro atoms. The molecule has 1 nitrogen and oxygen atoms in total. The van der Waals surface area contributed by atoms with Crippen LogP contribution in [0.1, 0.15) is 51.9 Å². The number of nitrogens with zero attached hydrogens (tertiary/aromatic N) is 1. The summed E-state index contributed by atoms with van der Waals surface area (Å²) in [6.07, 6.45) is 15.9. The van der Waals surface area contributed by atoms with Gasteiger partial charge in [-0.3, -0.25) is 0 Å². The minimum absolute atomic E-state index is 0.703. The first kappa shape index (κ1) is 12.4. The smallest absolute Gasteiger partial charge is 0.0988 e. The molecule has 0 aromatic heterocycles. The van der Waals surface area contributed by atoms with E-state index in [1.54, 1.807) is 0 Å². The molecule has 1 unspecified atom stereocenters. The lowest BCUT2D eigenvalue weighted by Crippen LogP contribution is -2.21. The van der Waals surface area contributed by atoms with Gasteiger partial charge in [0, 0.05) is 5.57 Å². The molecule has 1 fully saturated rings. The van der Waals surface area contributed by atoms with E-state index in [-0.39, 0.29) is 0 Å². The lowest BCUT2D eigenvalue weighted by atomic mass is 9.72. The Morgan fingerprint density at radius 1 is 1.29 bits per heavy atom. The van der Waals surface area contributed by atoms with Gasteiger partial charge in [-0.2, -0.15) is 5.26 Å². The number of nitriles is 1. The van der Waals surface area contributed by atoms with Crippen LogP contribution in [0.5, 0.6) is 0 Å². The van der Waals surface area contributed by atoms with Gasteiger partial charge in [0.05, 0.1) is 6.07 Å². The molecule has 92 valence electrons. The first-order valence-corrected chi connectivity index (χ1v) is 7.12. The van der Waals surface area contributed by atoms with E-state index in [1.165, 1.54) is 38.5 Å². The Hall–Kier alpha value is -1.03. The summed E-state index contributed by atoms with van der Waals surface area (Å²) in [7, 11) is 0. The highest BCUT2D eigenvalue weighted by Crippen LogP contribution is 2.38. The average molecular weight is 229 g/mol. The van der Waals surface area contributed by atoms with Crippen LogP contribution in [0.2, 0.25) is 0 Å². The van der Waals surface area contributed by atoms with Crippen LogP contribution in [0.15, 0.2) is 23.8 Å². The summed E-state index contributed by atoms with van der Waals surface area (Å²) in [5.74, 6) is 2.57. The van der Waals surface area contributed by atoms with Gasteiger partial charge >= 0.3 is 0 Å². The van der Waals surface area contributed by atoms with Crippen LogP contribution in [0.3, 0.4) is 0 Å². The standard InChI is InChI=1S/C16H23N/c1-2-3-13-4-8-15(9-5-13)16-10-6-14(12-17)7-11-16/h6-7,10,13,15-16H,2-5,8-9,11H2,1H3. The Kier molecular flexibility index (Phi) is 4.42. The summed E-state index contributed by atoms with van der Waals surface area (Å²) in [5.41, 5.74) is 0.848. The van der Waals surface area contributed by atoms with Crippen LogP contribution < -0.4 is 0 Å². The molecule has 0 amide bonds. The van der Waals surface area contributed by atoms with Crippen molar-refractivity contribution in [1.29, 1.82) is 5.26 Å². The molecular formula is C16H23N. The molecule has 2 rings (SSSR count). The number of rotatable bonds is 3. The molecule has 17 heavy (non-hydrogen) atoms. The van der Waals surface area contributed by atoms with Crippen LogP contribution in [0.25, 0.3) is 0 Å². The van der Waals surface area contributed by atoms with Gasteiger partial charge in [-0.15, -0.1) is 0 Å². The summed E-state index contributed by atoms with van der Waals surface area (Å²) >= 11 is 0. The molecular weight excluding hydrogens is 206 g/mol. The van der Waals surface area contributed by atoms with Crippen LogP contribution in [0.4, 0.5) is 0 Å². The average Bonchev–Trinajstić information content (AvgIpc) is 2.40. The van der Waals surface area contributed by atoms with Crippen LogP contribution in [-0.2, 0) is 0 Å². The van der Waals surface area contributed by atoms with Crippen molar-refractivity contribution in [3.8, 4) is 6.07 Å². The van der Waals surface area contributed by atoms with Gasteiger partial charge in [-0.1, -0.05) is 44.8 Å². The largest absolute Gasteiger partial charge is 0.192 e. The Morgan fingerprint density at radius 3 is 2.59 bits per heavy atom. The normalized spacial score (nSPS) is 32.9. The summed E-state index contributed by atoms with van der Waals surface area (Å²) in [6, 6.07) is 2.23. The molecule has 1 atom stereocenters. The highest BCUT2D eigenvalue weighted by molar-refractivity contribution is 5.35. The van der Waals surface area contributed by atoms with E-state index in [2.05, 4.69) is 25.1 Å². The third-order valence-electron chi connectivity index (χ3n) is 4.46. The van der Waals surface area contributed by atoms with Crippen LogP contribution in [0, 0.1) is 29.1 Å². The minimum Gasteiger partial charge on any atom is -0.192 e. The zero-order valence-electron chi connectivity index (χ0n) is 10.9. The molecule has 0 N–H and O–H groups in total. The molecule has 1 saturated carbocycles. The fourth-order valence-corrected chi connectivity index (χ4v) is 3.38. The van der Waals surface area contributed by atoms with Gasteiger partial charge in [0.1, 0.15) is 0 Å². The molecule has 2 aliphatic rings. The van der Waals surface area contributed by atoms with Gasteiger partial charge in [0.15, 0.2) is 0 Å².